The van der Waals surface area contributed by atoms with Crippen molar-refractivity contribution in [2.45, 2.75) is 44.4 Å². The Bertz CT molecular complexity index is 1130. The van der Waals surface area contributed by atoms with Crippen LogP contribution in [-0.2, 0) is 11.3 Å². The number of rotatable bonds is 8. The Morgan fingerprint density at radius 1 is 1.06 bits per heavy atom. The molecule has 6 nitrogen and oxygen atoms in total. The number of nitrogens with one attached hydrogen (secondary N) is 2. The van der Waals surface area contributed by atoms with Crippen molar-refractivity contribution < 1.29 is 17.5 Å². The van der Waals surface area contributed by atoms with Gasteiger partial charge in [0.05, 0.1) is 41.4 Å². The summed E-state index contributed by atoms with van der Waals surface area (Å²) < 4.78 is 6.31. The van der Waals surface area contributed by atoms with Gasteiger partial charge in [-0.25, -0.2) is 0 Å². The second-order valence-electron chi connectivity index (χ2n) is 9.10. The molecule has 182 valence electrons. The second-order valence-corrected chi connectivity index (χ2v) is 9.10. The van der Waals surface area contributed by atoms with E-state index in [0.29, 0.717) is 12.3 Å². The normalized spacial score (nSPS) is 20.1. The number of phenolic OH excluding ortho intramolecular Hbond substituents is 1. The number of aromatic hydroxyl groups is 1. The minimum atomic E-state index is -0.258. The highest BCUT2D eigenvalue weighted by Gasteiger charge is 2.33. The average Bonchev–Trinajstić information content (AvgIpc) is 2.86. The van der Waals surface area contributed by atoms with Gasteiger partial charge in [0.2, 0.25) is 0 Å². The molecule has 0 radical (unpaired) electrons. The van der Waals surface area contributed by atoms with Crippen molar-refractivity contribution in [3.63, 3.8) is 0 Å². The number of carbonyl (C=O) groups excluding carboxylic acids is 1. The molecule has 2 aromatic rings. The third kappa shape index (κ3) is 4.87. The number of hydrogen-bond donors (Lipinski definition) is 3. The van der Waals surface area contributed by atoms with Crippen LogP contribution in [0.2, 0.25) is 0 Å². The number of anilines is 1. The molecule has 0 heterocycles. The first-order chi connectivity index (χ1) is 16.4. The predicted octanol–water partition coefficient (Wildman–Crippen LogP) is 5.45. The Labute approximate surface area is 204 Å². The molecule has 0 aliphatic heterocycles. The lowest BCUT2D eigenvalue weighted by molar-refractivity contribution is -0.00306. The van der Waals surface area contributed by atoms with Crippen LogP contribution in [0.3, 0.4) is 0 Å². The smallest absolute Gasteiger partial charge is 0.257 e. The Balaban J connectivity index is 0.00000228. The Kier molecular flexibility index (Phi) is 7.08. The first kappa shape index (κ1) is 23.6. The monoisotopic (exact) mass is 463 g/mol. The van der Waals surface area contributed by atoms with Crippen LogP contribution in [0, 0.1) is 0 Å². The fourth-order valence-corrected chi connectivity index (χ4v) is 4.46. The van der Waals surface area contributed by atoms with E-state index in [1.807, 2.05) is 18.2 Å². The van der Waals surface area contributed by atoms with Gasteiger partial charge in [0.1, 0.15) is 0 Å². The number of amides is 1. The number of ether oxygens (including phenoxy) is 1. The zero-order valence-corrected chi connectivity index (χ0v) is 19.9. The molecule has 0 spiro atoms. The molecule has 1 amide bonds. The molecule has 0 unspecified atom stereocenters. The van der Waals surface area contributed by atoms with Gasteiger partial charge in [0.25, 0.3) is 5.91 Å². The molecule has 1 fully saturated rings. The van der Waals surface area contributed by atoms with Gasteiger partial charge in [-0.15, -0.1) is 0 Å². The quantitative estimate of drug-likeness (QED) is 0.454. The van der Waals surface area contributed by atoms with Crippen molar-refractivity contribution in [2.24, 2.45) is 0 Å². The highest BCUT2D eigenvalue weighted by molar-refractivity contribution is 5.98. The van der Waals surface area contributed by atoms with Crippen LogP contribution in [-0.4, -0.2) is 42.2 Å². The molecule has 1 saturated carbocycles. The van der Waals surface area contributed by atoms with Gasteiger partial charge < -0.3 is 25.4 Å². The van der Waals surface area contributed by atoms with E-state index in [9.17, 15) is 9.90 Å². The van der Waals surface area contributed by atoms with Gasteiger partial charge in [-0.2, -0.15) is 0 Å². The Morgan fingerprint density at radius 3 is 2.50 bits per heavy atom. The summed E-state index contributed by atoms with van der Waals surface area (Å²) in [6.45, 7) is 8.88. The van der Waals surface area contributed by atoms with Crippen LogP contribution in [0.25, 0.3) is 0 Å². The van der Waals surface area contributed by atoms with E-state index in [-0.39, 0.29) is 32.2 Å². The number of allylic oxidation sites excluding steroid dienone is 2. The number of hydrogen-bond acceptors (Lipinski definition) is 5. The molecule has 0 saturated heterocycles. The standard InChI is InChI=1S/C28H33N3O3.2H2/c1-18-19(2)26(30-23-15-10-13-21(27(23)32)28(33)31(3)4)25(18)29-22-14-8-9-16-24(22)34-17-20-11-6-5-7-12-20;;/h5-7,10-13,15,22,24,29-30,32H,1-2,8-9,14,16-17H2,3-4H3;2*1H/t22-,24-;;/m0../s1. The zero-order chi connectivity index (χ0) is 24.2. The molecule has 0 bridgehead atoms. The summed E-state index contributed by atoms with van der Waals surface area (Å²) >= 11 is 0. The number of carbonyl (C=O) groups is 1. The fourth-order valence-electron chi connectivity index (χ4n) is 4.46. The van der Waals surface area contributed by atoms with Crippen LogP contribution in [0.5, 0.6) is 5.75 Å². The maximum absolute atomic E-state index is 12.4. The number of phenols is 1. The summed E-state index contributed by atoms with van der Waals surface area (Å²) in [7, 11) is 3.31. The van der Waals surface area contributed by atoms with Crippen LogP contribution >= 0.6 is 0 Å². The lowest BCUT2D eigenvalue weighted by Crippen LogP contribution is -2.45. The van der Waals surface area contributed by atoms with Crippen molar-refractivity contribution >= 4 is 11.6 Å². The topological polar surface area (TPSA) is 73.8 Å². The third-order valence-corrected chi connectivity index (χ3v) is 6.49. The predicted molar refractivity (Wildman–Crippen MR) is 140 cm³/mol. The summed E-state index contributed by atoms with van der Waals surface area (Å²) in [5.41, 5.74) is 5.15. The first-order valence-electron chi connectivity index (χ1n) is 11.7. The summed E-state index contributed by atoms with van der Waals surface area (Å²) in [6.07, 6.45) is 4.40. The average molecular weight is 464 g/mol. The molecule has 2 aliphatic carbocycles. The molecule has 34 heavy (non-hydrogen) atoms. The van der Waals surface area contributed by atoms with Gasteiger partial charge in [0.15, 0.2) is 5.75 Å². The lowest BCUT2D eigenvalue weighted by atomic mass is 9.86. The summed E-state index contributed by atoms with van der Waals surface area (Å²) in [5.74, 6) is -0.342. The summed E-state index contributed by atoms with van der Waals surface area (Å²) in [6, 6.07) is 15.5. The van der Waals surface area contributed by atoms with E-state index in [1.165, 1.54) is 4.90 Å². The largest absolute Gasteiger partial charge is 0.505 e. The molecule has 2 aliphatic rings. The minimum absolute atomic E-state index is 0. The van der Waals surface area contributed by atoms with Crippen LogP contribution in [0.4, 0.5) is 5.69 Å². The second kappa shape index (κ2) is 10.2. The number of para-hydroxylation sites is 1. The van der Waals surface area contributed by atoms with E-state index in [4.69, 9.17) is 4.74 Å². The van der Waals surface area contributed by atoms with Crippen molar-refractivity contribution in [2.75, 3.05) is 19.4 Å². The Hall–Kier alpha value is -3.51. The molecule has 3 N–H and O–H groups in total. The van der Waals surface area contributed by atoms with E-state index in [0.717, 1.165) is 53.8 Å². The van der Waals surface area contributed by atoms with Gasteiger partial charge in [0, 0.05) is 28.1 Å². The third-order valence-electron chi connectivity index (χ3n) is 6.49. The molecule has 2 atom stereocenters. The molecule has 0 aromatic heterocycles. The van der Waals surface area contributed by atoms with Crippen molar-refractivity contribution in [1.82, 2.24) is 10.2 Å². The maximum Gasteiger partial charge on any atom is 0.257 e. The maximum atomic E-state index is 12.4. The minimum Gasteiger partial charge on any atom is -0.505 e. The van der Waals surface area contributed by atoms with Gasteiger partial charge in [-0.3, -0.25) is 4.79 Å². The summed E-state index contributed by atoms with van der Waals surface area (Å²) in [5, 5.41) is 17.6. The molecular formula is C28H37N3O3. The SMILES string of the molecule is C=C1C(=C)C(N[C@H]2CCCC[C@@H]2OCc2ccccc2)=C1Nc1cccc(C(=O)N(C)C)c1O.[HH].[HH]. The highest BCUT2D eigenvalue weighted by atomic mass is 16.5. The van der Waals surface area contributed by atoms with Crippen LogP contribution in [0.1, 0.15) is 44.5 Å². The first-order valence-corrected chi connectivity index (χ1v) is 11.7. The van der Waals surface area contributed by atoms with E-state index >= 15 is 0 Å². The molecular weight excluding hydrogens is 426 g/mol. The molecule has 6 heteroatoms. The van der Waals surface area contributed by atoms with E-state index < -0.39 is 0 Å². The van der Waals surface area contributed by atoms with Gasteiger partial charge in [-0.05, 0) is 30.5 Å². The van der Waals surface area contributed by atoms with Crippen molar-refractivity contribution in [3.8, 4) is 5.75 Å². The summed E-state index contributed by atoms with van der Waals surface area (Å²) in [4.78, 5) is 13.8. The van der Waals surface area contributed by atoms with E-state index in [1.54, 1.807) is 32.3 Å². The highest BCUT2D eigenvalue weighted by Crippen LogP contribution is 2.40. The van der Waals surface area contributed by atoms with Crippen LogP contribution < -0.4 is 10.6 Å². The number of nitrogens with zero attached hydrogens (tertiary/aromatic N) is 1. The zero-order valence-electron chi connectivity index (χ0n) is 19.9. The fraction of sp³-hybridized carbons (Fsp3) is 0.321. The van der Waals surface area contributed by atoms with Gasteiger partial charge in [-0.1, -0.05) is 62.4 Å². The number of benzene rings is 2. The van der Waals surface area contributed by atoms with E-state index in [2.05, 4.69) is 35.9 Å². The van der Waals surface area contributed by atoms with Crippen molar-refractivity contribution in [1.29, 1.82) is 0 Å². The molecule has 4 rings (SSSR count). The molecule has 2 aromatic carbocycles. The lowest BCUT2D eigenvalue weighted by Gasteiger charge is -2.38. The van der Waals surface area contributed by atoms with Crippen LogP contribution in [0.15, 0.2) is 84.2 Å². The van der Waals surface area contributed by atoms with Gasteiger partial charge >= 0.3 is 0 Å². The van der Waals surface area contributed by atoms with Crippen molar-refractivity contribution in [3.05, 3.63) is 95.4 Å². The Morgan fingerprint density at radius 2 is 1.76 bits per heavy atom.